The molecule has 75 heavy (non-hydrogen) atoms. The Morgan fingerprint density at radius 3 is 1.24 bits per heavy atom. The fraction of sp³-hybridized carbons (Fsp3) is 0.500. The van der Waals surface area contributed by atoms with Gasteiger partial charge in [-0.3, -0.25) is 9.59 Å². The van der Waals surface area contributed by atoms with Gasteiger partial charge < -0.3 is 53.6 Å². The SMILES string of the molecule is CN(C)[C@H]1Cc2c(Cl)cc(Cl)cc2[C@@H]1Oc1ccc(S(=O)(=O)CCCOCCOCCNC(=O)COCC(=O)NCCOCCOCCCS(=O)(=O)c2ccc(O[C@H]3c4cc(Cl)cc(Cl)c4C[C@@H]3N(C)C)cc2)cc1. The molecule has 2 amide bonds. The average molecular weight is 1160 g/mol. The van der Waals surface area contributed by atoms with Crippen molar-refractivity contribution in [3.8, 4) is 11.5 Å². The third kappa shape index (κ3) is 18.1. The Morgan fingerprint density at radius 1 is 0.520 bits per heavy atom. The van der Waals surface area contributed by atoms with Crippen LogP contribution in [0.5, 0.6) is 11.5 Å². The van der Waals surface area contributed by atoms with Gasteiger partial charge in [0.05, 0.1) is 73.0 Å². The van der Waals surface area contributed by atoms with E-state index in [1.807, 2.05) is 40.3 Å². The number of benzene rings is 4. The number of nitrogens with one attached hydrogen (secondary N) is 2. The fourth-order valence-corrected chi connectivity index (χ4v) is 12.4. The maximum Gasteiger partial charge on any atom is 0.246 e. The maximum atomic E-state index is 13.0. The summed E-state index contributed by atoms with van der Waals surface area (Å²) in [5.74, 6) is 0.0570. The molecule has 17 nitrogen and oxygen atoms in total. The van der Waals surface area contributed by atoms with Crippen molar-refractivity contribution >= 4 is 77.9 Å². The van der Waals surface area contributed by atoms with Crippen LogP contribution in [0.2, 0.25) is 20.1 Å². The van der Waals surface area contributed by atoms with Gasteiger partial charge in [-0.05, 0) is 138 Å². The van der Waals surface area contributed by atoms with E-state index in [0.29, 0.717) is 57.3 Å². The first-order valence-electron chi connectivity index (χ1n) is 24.5. The van der Waals surface area contributed by atoms with Crippen molar-refractivity contribution in [2.75, 3.05) is 119 Å². The van der Waals surface area contributed by atoms with Crippen molar-refractivity contribution in [1.82, 2.24) is 20.4 Å². The zero-order chi connectivity index (χ0) is 54.1. The Labute approximate surface area is 460 Å². The first kappa shape index (κ1) is 60.4. The second kappa shape index (κ2) is 29.3. The van der Waals surface area contributed by atoms with Crippen molar-refractivity contribution in [2.45, 2.75) is 59.8 Å². The van der Waals surface area contributed by atoms with Crippen LogP contribution in [-0.4, -0.2) is 169 Å². The Morgan fingerprint density at radius 2 is 0.880 bits per heavy atom. The number of ether oxygens (including phenoxy) is 7. The fourth-order valence-electron chi connectivity index (χ4n) is 8.61. The minimum Gasteiger partial charge on any atom is -0.484 e. The topological polar surface area (TPSA) is 198 Å². The molecule has 2 aliphatic rings. The number of carbonyl (C=O) groups is 2. The van der Waals surface area contributed by atoms with E-state index in [0.717, 1.165) is 22.3 Å². The number of halogens is 4. The lowest BCUT2D eigenvalue weighted by atomic mass is 10.1. The van der Waals surface area contributed by atoms with E-state index in [1.165, 1.54) is 0 Å². The van der Waals surface area contributed by atoms with Gasteiger partial charge in [0.15, 0.2) is 19.7 Å². The molecule has 4 aromatic carbocycles. The standard InChI is InChI=1S/C52H66Cl4N4O13S2/c1-59(2)47-31-41-43(27-35(53)29-45(41)55)51(47)72-37-7-11-39(12-8-37)74(63,64)25-5-17-67-21-23-69-19-15-57-49(61)33-71-34-50(62)58-16-20-70-24-22-68-18-6-26-75(65,66)40-13-9-38(10-14-40)73-52-44-28-36(54)30-46(56)42(44)32-48(52)60(3)4/h7-14,27-30,47-48,51-52H,5-6,15-26,31-34H2,1-4H3,(H,57,61)(H,58,62)/t47-,48-,51-,52-/m0/s1. The van der Waals surface area contributed by atoms with Gasteiger partial charge >= 0.3 is 0 Å². The van der Waals surface area contributed by atoms with Crippen molar-refractivity contribution < 1.29 is 59.6 Å². The number of nitrogens with zero attached hydrogens (tertiary/aromatic N) is 2. The molecule has 4 atom stereocenters. The molecule has 2 aliphatic carbocycles. The first-order chi connectivity index (χ1) is 35.8. The number of sulfone groups is 2. The van der Waals surface area contributed by atoms with E-state index in [9.17, 15) is 26.4 Å². The summed E-state index contributed by atoms with van der Waals surface area (Å²) in [4.78, 5) is 28.7. The van der Waals surface area contributed by atoms with Gasteiger partial charge in [-0.15, -0.1) is 0 Å². The Balaban J connectivity index is 0.717. The molecule has 0 spiro atoms. The van der Waals surface area contributed by atoms with Crippen LogP contribution in [0.1, 0.15) is 47.3 Å². The summed E-state index contributed by atoms with van der Waals surface area (Å²) in [6, 6.07) is 20.0. The molecule has 0 aromatic heterocycles. The quantitative estimate of drug-likeness (QED) is 0.0481. The van der Waals surface area contributed by atoms with Crippen molar-refractivity contribution in [3.63, 3.8) is 0 Å². The molecule has 0 aliphatic heterocycles. The normalized spacial score (nSPS) is 17.3. The molecule has 0 heterocycles. The number of hydrogen-bond donors (Lipinski definition) is 2. The molecule has 6 rings (SSSR count). The van der Waals surface area contributed by atoms with E-state index in [4.69, 9.17) is 79.6 Å². The monoisotopic (exact) mass is 1160 g/mol. The summed E-state index contributed by atoms with van der Waals surface area (Å²) in [5, 5.41) is 7.52. The van der Waals surface area contributed by atoms with E-state index >= 15 is 0 Å². The maximum absolute atomic E-state index is 13.0. The van der Waals surface area contributed by atoms with Crippen molar-refractivity contribution in [3.05, 3.63) is 115 Å². The number of rotatable bonds is 32. The summed E-state index contributed by atoms with van der Waals surface area (Å²) < 4.78 is 91.9. The number of carbonyl (C=O) groups excluding carboxylic acids is 2. The van der Waals surface area contributed by atoms with Crippen LogP contribution >= 0.6 is 46.4 Å². The lowest BCUT2D eigenvalue weighted by molar-refractivity contribution is -0.131. The lowest BCUT2D eigenvalue weighted by Crippen LogP contribution is -2.34. The molecule has 0 fully saturated rings. The minimum absolute atomic E-state index is 0.0250. The Bertz CT molecular complexity index is 2550. The molecule has 2 N–H and O–H groups in total. The number of amides is 2. The van der Waals surface area contributed by atoms with Crippen LogP contribution < -0.4 is 20.1 Å². The molecule has 0 radical (unpaired) electrons. The van der Waals surface area contributed by atoms with Crippen molar-refractivity contribution in [2.24, 2.45) is 0 Å². The molecule has 23 heteroatoms. The predicted molar refractivity (Wildman–Crippen MR) is 288 cm³/mol. The lowest BCUT2D eigenvalue weighted by Gasteiger charge is -2.27. The van der Waals surface area contributed by atoms with Crippen LogP contribution in [0.3, 0.4) is 0 Å². The van der Waals surface area contributed by atoms with E-state index in [2.05, 4.69) is 20.4 Å². The third-order valence-electron chi connectivity index (χ3n) is 12.5. The van der Waals surface area contributed by atoms with Gasteiger partial charge in [0.1, 0.15) is 36.9 Å². The first-order valence-corrected chi connectivity index (χ1v) is 29.3. The van der Waals surface area contributed by atoms with Gasteiger partial charge in [-0.1, -0.05) is 46.4 Å². The smallest absolute Gasteiger partial charge is 0.246 e. The second-order valence-electron chi connectivity index (χ2n) is 18.4. The van der Waals surface area contributed by atoms with Crippen LogP contribution in [-0.2, 0) is 65.8 Å². The Kier molecular flexibility index (Phi) is 23.6. The summed E-state index contributed by atoms with van der Waals surface area (Å²) in [6.45, 7) is 1.70. The van der Waals surface area contributed by atoms with E-state index in [-0.39, 0.29) is 125 Å². The van der Waals surface area contributed by atoms with E-state index < -0.39 is 31.5 Å². The zero-order valence-corrected chi connectivity index (χ0v) is 47.2. The highest BCUT2D eigenvalue weighted by Crippen LogP contribution is 2.44. The summed E-state index contributed by atoms with van der Waals surface area (Å²) in [7, 11) is 0.793. The number of hydrogen-bond acceptors (Lipinski definition) is 15. The van der Waals surface area contributed by atoms with Crippen LogP contribution in [0.25, 0.3) is 0 Å². The molecule has 412 valence electrons. The second-order valence-corrected chi connectivity index (χ2v) is 24.3. The highest BCUT2D eigenvalue weighted by molar-refractivity contribution is 7.91. The van der Waals surface area contributed by atoms with Gasteiger partial charge in [-0.2, -0.15) is 0 Å². The third-order valence-corrected chi connectivity index (χ3v) is 17.2. The summed E-state index contributed by atoms with van der Waals surface area (Å²) >= 11 is 25.6. The van der Waals surface area contributed by atoms with Gasteiger partial charge in [0.2, 0.25) is 11.8 Å². The minimum atomic E-state index is -3.55. The highest BCUT2D eigenvalue weighted by atomic mass is 35.5. The van der Waals surface area contributed by atoms with Gasteiger partial charge in [-0.25, -0.2) is 16.8 Å². The predicted octanol–water partition coefficient (Wildman–Crippen LogP) is 6.86. The summed E-state index contributed by atoms with van der Waals surface area (Å²) in [5.41, 5.74) is 3.83. The highest BCUT2D eigenvalue weighted by Gasteiger charge is 2.39. The Hall–Kier alpha value is -3.80. The molecule has 4 aromatic rings. The zero-order valence-electron chi connectivity index (χ0n) is 42.5. The molecular formula is C52H66Cl4N4O13S2. The van der Waals surface area contributed by atoms with Crippen LogP contribution in [0.15, 0.2) is 82.6 Å². The summed E-state index contributed by atoms with van der Waals surface area (Å²) in [6.07, 6.45) is 1.34. The van der Waals surface area contributed by atoms with Crippen LogP contribution in [0, 0.1) is 0 Å². The van der Waals surface area contributed by atoms with Crippen molar-refractivity contribution in [1.29, 1.82) is 0 Å². The van der Waals surface area contributed by atoms with E-state index in [1.54, 1.807) is 60.7 Å². The van der Waals surface area contributed by atoms with Crippen LogP contribution in [0.4, 0.5) is 0 Å². The molecule has 0 unspecified atom stereocenters. The van der Waals surface area contributed by atoms with Gasteiger partial charge in [0, 0.05) is 57.5 Å². The average Bonchev–Trinajstić information content (AvgIpc) is 3.92. The number of likely N-dealkylation sites (N-methyl/N-ethyl adjacent to an activating group) is 2. The molecule has 0 bridgehead atoms. The molecule has 0 saturated heterocycles. The molecule has 0 saturated carbocycles. The van der Waals surface area contributed by atoms with Gasteiger partial charge in [0.25, 0.3) is 0 Å². The largest absolute Gasteiger partial charge is 0.484 e. The molecular weight excluding hydrogens is 1090 g/mol. The number of fused-ring (bicyclic) bond motifs is 2.